The van der Waals surface area contributed by atoms with Crippen LogP contribution in [-0.2, 0) is 22.6 Å². The van der Waals surface area contributed by atoms with Gasteiger partial charge in [0.15, 0.2) is 0 Å². The van der Waals surface area contributed by atoms with E-state index in [9.17, 15) is 4.79 Å². The second-order valence-electron chi connectivity index (χ2n) is 6.39. The Morgan fingerprint density at radius 3 is 2.88 bits per heavy atom. The summed E-state index contributed by atoms with van der Waals surface area (Å²) >= 11 is 0. The van der Waals surface area contributed by atoms with E-state index in [2.05, 4.69) is 28.6 Å². The molecule has 1 aliphatic heterocycles. The summed E-state index contributed by atoms with van der Waals surface area (Å²) in [6, 6.07) is 10.5. The summed E-state index contributed by atoms with van der Waals surface area (Å²) in [5.74, 6) is 1.19. The van der Waals surface area contributed by atoms with Crippen LogP contribution in [0.1, 0.15) is 36.0 Å². The van der Waals surface area contributed by atoms with Crippen LogP contribution in [0.5, 0.6) is 0 Å². The van der Waals surface area contributed by atoms with Crippen LogP contribution in [0.2, 0.25) is 0 Å². The number of hydrogen-bond donors (Lipinski definition) is 0. The molecule has 0 saturated carbocycles. The lowest BCUT2D eigenvalue weighted by Crippen LogP contribution is -2.29. The highest BCUT2D eigenvalue weighted by Crippen LogP contribution is 2.25. The van der Waals surface area contributed by atoms with Gasteiger partial charge in [0, 0.05) is 38.5 Å². The molecule has 1 aromatic carbocycles. The molecule has 0 radical (unpaired) electrons. The van der Waals surface area contributed by atoms with Gasteiger partial charge in [0.25, 0.3) is 0 Å². The van der Waals surface area contributed by atoms with Crippen molar-refractivity contribution in [1.29, 1.82) is 0 Å². The number of likely N-dealkylation sites (tertiary alicyclic amines) is 1. The van der Waals surface area contributed by atoms with Crippen molar-refractivity contribution in [3.63, 3.8) is 0 Å². The average Bonchev–Trinajstić information content (AvgIpc) is 3.21. The van der Waals surface area contributed by atoms with E-state index < -0.39 is 0 Å². The monoisotopic (exact) mass is 327 g/mol. The molecule has 3 rings (SSSR count). The van der Waals surface area contributed by atoms with E-state index in [1.807, 2.05) is 29.3 Å². The first kappa shape index (κ1) is 16.7. The van der Waals surface area contributed by atoms with Crippen LogP contribution >= 0.6 is 0 Å². The first-order chi connectivity index (χ1) is 11.7. The molecule has 0 bridgehead atoms. The fraction of sp³-hybridized carbons (Fsp3) is 0.474. The first-order valence-electron chi connectivity index (χ1n) is 8.52. The number of rotatable bonds is 6. The third-order valence-corrected chi connectivity index (χ3v) is 4.68. The van der Waals surface area contributed by atoms with E-state index in [4.69, 9.17) is 4.74 Å². The van der Waals surface area contributed by atoms with E-state index in [0.29, 0.717) is 19.1 Å². The zero-order valence-corrected chi connectivity index (χ0v) is 14.4. The van der Waals surface area contributed by atoms with Crippen LogP contribution in [-0.4, -0.2) is 40.6 Å². The van der Waals surface area contributed by atoms with Gasteiger partial charge in [-0.15, -0.1) is 0 Å². The number of nitrogens with zero attached hydrogens (tertiary/aromatic N) is 3. The molecule has 1 fully saturated rings. The Kier molecular flexibility index (Phi) is 5.30. The van der Waals surface area contributed by atoms with E-state index in [0.717, 1.165) is 37.4 Å². The lowest BCUT2D eigenvalue weighted by Gasteiger charge is -2.19. The summed E-state index contributed by atoms with van der Waals surface area (Å²) in [4.78, 5) is 18.9. The van der Waals surface area contributed by atoms with Crippen LogP contribution < -0.4 is 0 Å². The van der Waals surface area contributed by atoms with Crippen molar-refractivity contribution in [1.82, 2.24) is 14.5 Å². The molecule has 0 aliphatic carbocycles. The smallest absolute Gasteiger partial charge is 0.222 e. The molecule has 1 aliphatic rings. The van der Waals surface area contributed by atoms with Gasteiger partial charge in [-0.05, 0) is 25.3 Å². The summed E-state index contributed by atoms with van der Waals surface area (Å²) in [5, 5.41) is 0. The highest BCUT2D eigenvalue weighted by atomic mass is 16.5. The maximum absolute atomic E-state index is 12.5. The quantitative estimate of drug-likeness (QED) is 0.819. The van der Waals surface area contributed by atoms with E-state index in [-0.39, 0.29) is 5.91 Å². The Morgan fingerprint density at radius 1 is 1.33 bits per heavy atom. The summed E-state index contributed by atoms with van der Waals surface area (Å²) in [6.45, 7) is 4.15. The molecule has 1 atom stereocenters. The molecule has 128 valence electrons. The molecule has 0 N–H and O–H groups in total. The fourth-order valence-electron chi connectivity index (χ4n) is 3.46. The van der Waals surface area contributed by atoms with Crippen molar-refractivity contribution >= 4 is 5.91 Å². The van der Waals surface area contributed by atoms with Crippen molar-refractivity contribution in [3.8, 4) is 0 Å². The molecule has 2 aromatic rings. The standard InChI is InChI=1S/C19H25N3O2/c1-15-12-20-18(14-24-2)22(15)17-10-11-21(13-17)19(23)9-8-16-6-4-3-5-7-16/h3-7,12,17H,8-11,13-14H2,1-2H3. The second kappa shape index (κ2) is 7.62. The third kappa shape index (κ3) is 3.67. The summed E-state index contributed by atoms with van der Waals surface area (Å²) in [6.07, 6.45) is 4.24. The van der Waals surface area contributed by atoms with Gasteiger partial charge in [-0.2, -0.15) is 0 Å². The van der Waals surface area contributed by atoms with Gasteiger partial charge in [0.2, 0.25) is 5.91 Å². The van der Waals surface area contributed by atoms with Gasteiger partial charge in [0.1, 0.15) is 12.4 Å². The number of benzene rings is 1. The Labute approximate surface area is 143 Å². The van der Waals surface area contributed by atoms with Crippen LogP contribution in [0, 0.1) is 6.92 Å². The largest absolute Gasteiger partial charge is 0.377 e. The lowest BCUT2D eigenvalue weighted by molar-refractivity contribution is -0.130. The second-order valence-corrected chi connectivity index (χ2v) is 6.39. The molecule has 2 heterocycles. The van der Waals surface area contributed by atoms with Gasteiger partial charge in [-0.1, -0.05) is 30.3 Å². The number of aromatic nitrogens is 2. The topological polar surface area (TPSA) is 47.4 Å². The van der Waals surface area contributed by atoms with Crippen LogP contribution in [0.25, 0.3) is 0 Å². The zero-order valence-electron chi connectivity index (χ0n) is 14.4. The Bertz CT molecular complexity index is 681. The van der Waals surface area contributed by atoms with Crippen molar-refractivity contribution < 1.29 is 9.53 Å². The maximum atomic E-state index is 12.5. The van der Waals surface area contributed by atoms with Gasteiger partial charge < -0.3 is 14.2 Å². The Hall–Kier alpha value is -2.14. The number of aryl methyl sites for hydroxylation is 2. The zero-order chi connectivity index (χ0) is 16.9. The van der Waals surface area contributed by atoms with Gasteiger partial charge in [-0.3, -0.25) is 4.79 Å². The van der Waals surface area contributed by atoms with Crippen LogP contribution in [0.15, 0.2) is 36.5 Å². The molecule has 24 heavy (non-hydrogen) atoms. The lowest BCUT2D eigenvalue weighted by atomic mass is 10.1. The molecule has 5 heteroatoms. The average molecular weight is 327 g/mol. The minimum absolute atomic E-state index is 0.243. The molecule has 1 amide bonds. The van der Waals surface area contributed by atoms with Gasteiger partial charge in [-0.25, -0.2) is 4.98 Å². The predicted octanol–water partition coefficient (Wildman–Crippen LogP) is 2.74. The number of carbonyl (C=O) groups excluding carboxylic acids is 1. The summed E-state index contributed by atoms with van der Waals surface area (Å²) < 4.78 is 7.47. The SMILES string of the molecule is COCc1ncc(C)n1C1CCN(C(=O)CCc2ccccc2)C1. The molecular weight excluding hydrogens is 302 g/mol. The number of imidazole rings is 1. The third-order valence-electron chi connectivity index (χ3n) is 4.68. The van der Waals surface area contributed by atoms with Gasteiger partial charge in [0.05, 0.1) is 6.04 Å². The highest BCUT2D eigenvalue weighted by Gasteiger charge is 2.29. The number of methoxy groups -OCH3 is 1. The van der Waals surface area contributed by atoms with E-state index >= 15 is 0 Å². The fourth-order valence-corrected chi connectivity index (χ4v) is 3.46. The predicted molar refractivity (Wildman–Crippen MR) is 92.7 cm³/mol. The number of amides is 1. The Balaban J connectivity index is 1.59. The molecule has 1 saturated heterocycles. The first-order valence-corrected chi connectivity index (χ1v) is 8.52. The molecule has 1 unspecified atom stereocenters. The molecule has 5 nitrogen and oxygen atoms in total. The van der Waals surface area contributed by atoms with Crippen molar-refractivity contribution in [2.45, 2.75) is 38.8 Å². The Morgan fingerprint density at radius 2 is 2.12 bits per heavy atom. The molecule has 0 spiro atoms. The minimum Gasteiger partial charge on any atom is -0.377 e. The molecule has 1 aromatic heterocycles. The van der Waals surface area contributed by atoms with Crippen molar-refractivity contribution in [2.24, 2.45) is 0 Å². The molecular formula is C19H25N3O2. The number of ether oxygens (including phenoxy) is 1. The van der Waals surface area contributed by atoms with Crippen LogP contribution in [0.3, 0.4) is 0 Å². The highest BCUT2D eigenvalue weighted by molar-refractivity contribution is 5.76. The number of carbonyl (C=O) groups is 1. The normalized spacial score (nSPS) is 17.4. The summed E-state index contributed by atoms with van der Waals surface area (Å²) in [5.41, 5.74) is 2.35. The minimum atomic E-state index is 0.243. The summed E-state index contributed by atoms with van der Waals surface area (Å²) in [7, 11) is 1.68. The van der Waals surface area contributed by atoms with E-state index in [1.165, 1.54) is 5.56 Å². The van der Waals surface area contributed by atoms with E-state index in [1.54, 1.807) is 7.11 Å². The van der Waals surface area contributed by atoms with Crippen molar-refractivity contribution in [2.75, 3.05) is 20.2 Å². The number of hydrogen-bond acceptors (Lipinski definition) is 3. The van der Waals surface area contributed by atoms with Gasteiger partial charge >= 0.3 is 0 Å². The maximum Gasteiger partial charge on any atom is 0.222 e. The van der Waals surface area contributed by atoms with Crippen LogP contribution in [0.4, 0.5) is 0 Å². The van der Waals surface area contributed by atoms with Crippen molar-refractivity contribution in [3.05, 3.63) is 53.6 Å².